The maximum atomic E-state index is 12.1. The van der Waals surface area contributed by atoms with Gasteiger partial charge < -0.3 is 4.74 Å². The highest BCUT2D eigenvalue weighted by atomic mass is 16.5. The fourth-order valence-electron chi connectivity index (χ4n) is 2.60. The number of hydrogen-bond acceptors (Lipinski definition) is 6. The minimum atomic E-state index is -0.664. The Hall–Kier alpha value is -4.33. The van der Waals surface area contributed by atoms with Crippen molar-refractivity contribution in [3.8, 4) is 5.75 Å². The van der Waals surface area contributed by atoms with E-state index >= 15 is 0 Å². The number of benzene rings is 2. The molecule has 0 spiro atoms. The van der Waals surface area contributed by atoms with Crippen molar-refractivity contribution in [3.05, 3.63) is 71.7 Å². The first kappa shape index (κ1) is 18.1. The summed E-state index contributed by atoms with van der Waals surface area (Å²) in [5, 5.41) is 1.75. The first-order valence-electron chi connectivity index (χ1n) is 8.57. The van der Waals surface area contributed by atoms with Gasteiger partial charge in [-0.2, -0.15) is 0 Å². The standard InChI is InChI=1S/C21H13N5O3/c27-19-10-14-4-1-2-5-17(14)26-21-16-11-15(6-7-18(16)24-13-25-21)29-9-3-8-22-20(28)12-23-19/h1-13H/b9-3-,14-10-,22-8-,23-12-,26-17-. The molecule has 8 heteroatoms. The van der Waals surface area contributed by atoms with Crippen LogP contribution < -0.4 is 15.3 Å². The lowest BCUT2D eigenvalue weighted by atomic mass is 10.2. The third-order valence-corrected chi connectivity index (χ3v) is 3.90. The predicted molar refractivity (Wildman–Crippen MR) is 108 cm³/mol. The number of fused-ring (bicyclic) bond motifs is 2. The summed E-state index contributed by atoms with van der Waals surface area (Å²) in [5.74, 6) is -0.292. The zero-order chi connectivity index (χ0) is 20.1. The van der Waals surface area contributed by atoms with Crippen LogP contribution >= 0.6 is 0 Å². The molecule has 0 saturated carbocycles. The third-order valence-electron chi connectivity index (χ3n) is 3.90. The van der Waals surface area contributed by atoms with E-state index in [-0.39, 0.29) is 0 Å². The average molecular weight is 383 g/mol. The second-order valence-electron chi connectivity index (χ2n) is 5.85. The van der Waals surface area contributed by atoms with Crippen LogP contribution in [-0.2, 0) is 9.59 Å². The Labute approximate surface area is 164 Å². The van der Waals surface area contributed by atoms with Crippen molar-refractivity contribution >= 4 is 47.0 Å². The number of carbonyl (C=O) groups excluding carboxylic acids is 2. The van der Waals surface area contributed by atoms with Crippen molar-refractivity contribution in [3.63, 3.8) is 0 Å². The topological polar surface area (TPSA) is 106 Å². The number of allylic oxidation sites excluding steroid dienone is 1. The predicted octanol–water partition coefficient (Wildman–Crippen LogP) is 1.46. The van der Waals surface area contributed by atoms with Gasteiger partial charge >= 0.3 is 0 Å². The molecule has 0 aliphatic carbocycles. The van der Waals surface area contributed by atoms with E-state index < -0.39 is 11.8 Å². The van der Waals surface area contributed by atoms with E-state index in [9.17, 15) is 9.59 Å². The van der Waals surface area contributed by atoms with Gasteiger partial charge in [-0.3, -0.25) is 9.59 Å². The second-order valence-corrected chi connectivity index (χ2v) is 5.85. The van der Waals surface area contributed by atoms with Crippen LogP contribution in [0, 0.1) is 0 Å². The monoisotopic (exact) mass is 383 g/mol. The number of ether oxygens (including phenoxy) is 1. The summed E-state index contributed by atoms with van der Waals surface area (Å²) in [5.41, 5.74) is 0.697. The van der Waals surface area contributed by atoms with Crippen molar-refractivity contribution in [2.24, 2.45) is 15.0 Å². The second kappa shape index (κ2) is 8.13. The molecule has 0 fully saturated rings. The number of aromatic nitrogens is 2. The number of carbonyl (C=O) groups is 2. The minimum Gasteiger partial charge on any atom is -0.465 e. The van der Waals surface area contributed by atoms with Gasteiger partial charge in [0.05, 0.1) is 23.4 Å². The fraction of sp³-hybridized carbons (Fsp3) is 0. The van der Waals surface area contributed by atoms with E-state index in [1.54, 1.807) is 42.5 Å². The minimum absolute atomic E-state index is 0.433. The molecule has 2 aromatic carbocycles. The van der Waals surface area contributed by atoms with Gasteiger partial charge in [-0.15, -0.1) is 0 Å². The summed E-state index contributed by atoms with van der Waals surface area (Å²) < 4.78 is 5.54. The molecule has 2 amide bonds. The lowest BCUT2D eigenvalue weighted by Gasteiger charge is -2.04. The Balaban J connectivity index is 1.96. The van der Waals surface area contributed by atoms with E-state index in [0.717, 1.165) is 6.21 Å². The highest BCUT2D eigenvalue weighted by Gasteiger charge is 2.05. The summed E-state index contributed by atoms with van der Waals surface area (Å²) in [7, 11) is 0. The first-order valence-corrected chi connectivity index (χ1v) is 8.57. The first-order chi connectivity index (χ1) is 14.2. The molecule has 8 nitrogen and oxygen atoms in total. The molecule has 29 heavy (non-hydrogen) atoms. The number of para-hydroxylation sites is 1. The average Bonchev–Trinajstić information content (AvgIpc) is 2.73. The highest BCUT2D eigenvalue weighted by Crippen LogP contribution is 2.25. The van der Waals surface area contributed by atoms with Crippen LogP contribution in [0.3, 0.4) is 0 Å². The summed E-state index contributed by atoms with van der Waals surface area (Å²) in [4.78, 5) is 44.1. The van der Waals surface area contributed by atoms with E-state index in [1.807, 2.05) is 0 Å². The SMILES string of the molecule is O=C1/C=N\C(=O)/C=c2/cccc/c2=N/c2ncnc3ccc(cc23)O/C=C\C=N/1. The van der Waals surface area contributed by atoms with Gasteiger partial charge in [0, 0.05) is 22.9 Å². The number of aliphatic imine (C=N–C) groups is 2. The number of hydrogen-bond donors (Lipinski definition) is 0. The summed E-state index contributed by atoms with van der Waals surface area (Å²) in [6, 6.07) is 12.4. The molecule has 0 atom stereocenters. The zero-order valence-electron chi connectivity index (χ0n) is 15.0. The third kappa shape index (κ3) is 4.33. The lowest BCUT2D eigenvalue weighted by molar-refractivity contribution is -0.113. The normalized spacial score (nSPS) is 19.7. The number of amides is 2. The van der Waals surface area contributed by atoms with Gasteiger partial charge in [-0.05, 0) is 30.3 Å². The smallest absolute Gasteiger partial charge is 0.288 e. The molecule has 3 aromatic rings. The van der Waals surface area contributed by atoms with Crippen LogP contribution in [0.5, 0.6) is 5.75 Å². The van der Waals surface area contributed by atoms with E-state index in [2.05, 4.69) is 24.9 Å². The van der Waals surface area contributed by atoms with E-state index in [0.29, 0.717) is 33.0 Å². The highest BCUT2D eigenvalue weighted by molar-refractivity contribution is 6.31. The van der Waals surface area contributed by atoms with Gasteiger partial charge in [0.1, 0.15) is 12.1 Å². The maximum Gasteiger partial charge on any atom is 0.288 e. The Kier molecular flexibility index (Phi) is 5.06. The summed E-state index contributed by atoms with van der Waals surface area (Å²) in [6.45, 7) is 0. The Morgan fingerprint density at radius 2 is 1.79 bits per heavy atom. The molecule has 0 N–H and O–H groups in total. The molecule has 0 radical (unpaired) electrons. The van der Waals surface area contributed by atoms with Gasteiger partial charge in [-0.1, -0.05) is 18.2 Å². The van der Waals surface area contributed by atoms with Crippen LogP contribution in [0.4, 0.5) is 5.82 Å². The quantitative estimate of drug-likeness (QED) is 0.584. The molecule has 1 aromatic heterocycles. The molecule has 1 aliphatic rings. The molecule has 140 valence electrons. The van der Waals surface area contributed by atoms with Crippen LogP contribution in [0.1, 0.15) is 0 Å². The largest absolute Gasteiger partial charge is 0.465 e. The molecule has 4 rings (SSSR count). The molecule has 1 aliphatic heterocycles. The van der Waals surface area contributed by atoms with Crippen LogP contribution in [0.15, 0.2) is 76.1 Å². The fourth-order valence-corrected chi connectivity index (χ4v) is 2.60. The molecular weight excluding hydrogens is 370 g/mol. The Bertz CT molecular complexity index is 1330. The van der Waals surface area contributed by atoms with Gasteiger partial charge in [-0.25, -0.2) is 24.9 Å². The van der Waals surface area contributed by atoms with Crippen LogP contribution in [-0.4, -0.2) is 34.2 Å². The zero-order valence-corrected chi connectivity index (χ0v) is 15.0. The van der Waals surface area contributed by atoms with Crippen LogP contribution in [0.2, 0.25) is 0 Å². The van der Waals surface area contributed by atoms with Gasteiger partial charge in [0.2, 0.25) is 0 Å². The van der Waals surface area contributed by atoms with Crippen molar-refractivity contribution in [1.82, 2.24) is 9.97 Å². The van der Waals surface area contributed by atoms with Gasteiger partial charge in [0.15, 0.2) is 5.82 Å². The molecule has 2 heterocycles. The van der Waals surface area contributed by atoms with Gasteiger partial charge in [0.25, 0.3) is 11.8 Å². The van der Waals surface area contributed by atoms with Crippen molar-refractivity contribution in [2.45, 2.75) is 0 Å². The van der Waals surface area contributed by atoms with Crippen molar-refractivity contribution in [2.75, 3.05) is 0 Å². The molecule has 0 saturated heterocycles. The van der Waals surface area contributed by atoms with E-state index in [4.69, 9.17) is 4.74 Å². The van der Waals surface area contributed by atoms with Crippen LogP contribution in [0.25, 0.3) is 17.0 Å². The Morgan fingerprint density at radius 3 is 2.72 bits per heavy atom. The van der Waals surface area contributed by atoms with E-state index in [1.165, 1.54) is 31.0 Å². The molecule has 2 bridgehead atoms. The van der Waals surface area contributed by atoms with Crippen molar-refractivity contribution in [1.29, 1.82) is 0 Å². The molecular formula is C21H13N5O3. The summed E-state index contributed by atoms with van der Waals surface area (Å²) in [6.07, 6.45) is 7.66. The molecule has 0 unspecified atom stereocenters. The Morgan fingerprint density at radius 1 is 0.897 bits per heavy atom. The maximum absolute atomic E-state index is 12.1. The lowest BCUT2D eigenvalue weighted by Crippen LogP contribution is -2.25. The number of nitrogens with zero attached hydrogens (tertiary/aromatic N) is 5. The number of rotatable bonds is 0. The van der Waals surface area contributed by atoms with Crippen molar-refractivity contribution < 1.29 is 14.3 Å². The summed E-state index contributed by atoms with van der Waals surface area (Å²) >= 11 is 0.